The molecular weight excluding hydrogens is 551 g/mol. The number of carboxylic acids is 2. The summed E-state index contributed by atoms with van der Waals surface area (Å²) in [6.07, 6.45) is -3.58. The van der Waals surface area contributed by atoms with E-state index < -0.39 is 36.2 Å². The third kappa shape index (κ3) is 9.62. The molecule has 3 N–H and O–H groups in total. The fourth-order valence-electron chi connectivity index (χ4n) is 3.43. The van der Waals surface area contributed by atoms with Gasteiger partial charge in [-0.15, -0.1) is 0 Å². The lowest BCUT2D eigenvalue weighted by Crippen LogP contribution is -2.36. The summed E-state index contributed by atoms with van der Waals surface area (Å²) in [6.45, 7) is 1.16. The lowest BCUT2D eigenvalue weighted by Gasteiger charge is -2.22. The molecule has 0 spiro atoms. The molecule has 2 aromatic heterocycles. The molecule has 3 atom stereocenters. The predicted octanol–water partition coefficient (Wildman–Crippen LogP) is 2.33. The molecule has 0 radical (unpaired) electrons. The van der Waals surface area contributed by atoms with Crippen LogP contribution in [-0.2, 0) is 25.7 Å². The number of aliphatic carboxylic acids is 2. The Balaban J connectivity index is 0.000000317. The predicted molar refractivity (Wildman–Crippen MR) is 114 cm³/mol. The van der Waals surface area contributed by atoms with Gasteiger partial charge in [0, 0.05) is 31.9 Å². The van der Waals surface area contributed by atoms with Gasteiger partial charge in [0.2, 0.25) is 11.9 Å². The van der Waals surface area contributed by atoms with Crippen molar-refractivity contribution in [3.8, 4) is 0 Å². The highest BCUT2D eigenvalue weighted by Gasteiger charge is 2.46. The first-order valence-electron chi connectivity index (χ1n) is 10.8. The maximum absolute atomic E-state index is 13.0. The van der Waals surface area contributed by atoms with Gasteiger partial charge >= 0.3 is 24.3 Å². The number of fused-ring (bicyclic) bond motifs is 1. The second-order valence-corrected chi connectivity index (χ2v) is 7.83. The minimum absolute atomic E-state index is 0.0252. The van der Waals surface area contributed by atoms with E-state index in [2.05, 4.69) is 20.3 Å². The molecule has 214 valence electrons. The fourth-order valence-corrected chi connectivity index (χ4v) is 3.43. The number of ether oxygens (including phenoxy) is 1. The monoisotopic (exact) mass is 571 g/mol. The van der Waals surface area contributed by atoms with Crippen LogP contribution in [-0.4, -0.2) is 80.2 Å². The summed E-state index contributed by atoms with van der Waals surface area (Å²) in [5.41, 5.74) is 0.940. The Labute approximate surface area is 214 Å². The summed E-state index contributed by atoms with van der Waals surface area (Å²) in [5, 5.41) is 17.1. The number of nitrogens with zero attached hydrogens (tertiary/aromatic N) is 4. The van der Waals surface area contributed by atoms with E-state index in [-0.39, 0.29) is 18.1 Å². The molecule has 2 fully saturated rings. The van der Waals surface area contributed by atoms with E-state index in [4.69, 9.17) is 24.5 Å². The average molecular weight is 571 g/mol. The number of aromatic nitrogens is 3. The Morgan fingerprint density at radius 3 is 2.08 bits per heavy atom. The van der Waals surface area contributed by atoms with Crippen molar-refractivity contribution in [1.82, 2.24) is 20.3 Å². The van der Waals surface area contributed by atoms with Crippen molar-refractivity contribution in [1.29, 1.82) is 0 Å². The number of carboxylic acid groups (broad SMARTS) is 2. The largest absolute Gasteiger partial charge is 0.490 e. The lowest BCUT2D eigenvalue weighted by molar-refractivity contribution is -0.193. The van der Waals surface area contributed by atoms with Crippen molar-refractivity contribution in [2.45, 2.75) is 50.0 Å². The number of rotatable bonds is 4. The van der Waals surface area contributed by atoms with Crippen molar-refractivity contribution >= 4 is 23.8 Å². The van der Waals surface area contributed by atoms with Crippen molar-refractivity contribution in [3.63, 3.8) is 0 Å². The molecule has 18 heteroatoms. The smallest absolute Gasteiger partial charge is 0.475 e. The van der Waals surface area contributed by atoms with Crippen LogP contribution >= 0.6 is 0 Å². The zero-order valence-electron chi connectivity index (χ0n) is 19.5. The molecule has 39 heavy (non-hydrogen) atoms. The second kappa shape index (κ2) is 13.1. The number of halogens is 7. The first-order valence-corrected chi connectivity index (χ1v) is 10.8. The molecule has 2 aromatic rings. The number of anilines is 1. The molecule has 0 bridgehead atoms. The van der Waals surface area contributed by atoms with Gasteiger partial charge in [0.25, 0.3) is 0 Å². The van der Waals surface area contributed by atoms with Gasteiger partial charge in [-0.3, -0.25) is 9.78 Å². The molecule has 0 aliphatic carbocycles. The van der Waals surface area contributed by atoms with Gasteiger partial charge in [0.05, 0.1) is 24.5 Å². The highest BCUT2D eigenvalue weighted by molar-refractivity contribution is 5.81. The standard InChI is InChI=1S/C17H18FN5O2.2C2HF3O2/c18-12-9-21-17(22-10-12)23-5-3-14-13(23)6-15(25-14)16(24)20-8-11-2-1-4-19-7-11;2*3-2(4,5)1(6)7/h1-2,4,7,9-10,13-15H,3,5-6,8H2,(H,20,24);2*(H,6,7)/t13-,14-,15-;;/m0../s1. The zero-order valence-corrected chi connectivity index (χ0v) is 19.5. The lowest BCUT2D eigenvalue weighted by atomic mass is 10.1. The minimum Gasteiger partial charge on any atom is -0.475 e. The van der Waals surface area contributed by atoms with Crippen LogP contribution in [0.25, 0.3) is 0 Å². The van der Waals surface area contributed by atoms with Crippen molar-refractivity contribution < 1.29 is 60.1 Å². The van der Waals surface area contributed by atoms with Gasteiger partial charge in [0.1, 0.15) is 6.10 Å². The number of carbonyl (C=O) groups excluding carboxylic acids is 1. The summed E-state index contributed by atoms with van der Waals surface area (Å²) in [5.74, 6) is -5.62. The van der Waals surface area contributed by atoms with Crippen molar-refractivity contribution in [3.05, 3.63) is 48.3 Å². The third-order valence-corrected chi connectivity index (χ3v) is 5.11. The average Bonchev–Trinajstić information content (AvgIpc) is 3.45. The van der Waals surface area contributed by atoms with Crippen LogP contribution in [0.15, 0.2) is 36.9 Å². The number of carbonyl (C=O) groups is 3. The van der Waals surface area contributed by atoms with Crippen molar-refractivity contribution in [2.24, 2.45) is 0 Å². The first kappa shape index (κ1) is 31.1. The van der Waals surface area contributed by atoms with Gasteiger partial charge in [-0.25, -0.2) is 23.9 Å². The van der Waals surface area contributed by atoms with Gasteiger partial charge in [-0.1, -0.05) is 6.07 Å². The molecule has 2 aliphatic rings. The van der Waals surface area contributed by atoms with Gasteiger partial charge in [0.15, 0.2) is 5.82 Å². The summed E-state index contributed by atoms with van der Waals surface area (Å²) < 4.78 is 82.4. The Kier molecular flexibility index (Phi) is 10.5. The molecule has 4 heterocycles. The van der Waals surface area contributed by atoms with E-state index in [1.165, 1.54) is 0 Å². The van der Waals surface area contributed by atoms with E-state index >= 15 is 0 Å². The SMILES string of the molecule is O=C(NCc1cccnc1)[C@@H]1C[C@H]2[C@H](CCN2c2ncc(F)cn2)O1.O=C(O)C(F)(F)F.O=C(O)C(F)(F)F. The highest BCUT2D eigenvalue weighted by Crippen LogP contribution is 2.34. The molecular formula is C21H20F7N5O6. The summed E-state index contributed by atoms with van der Waals surface area (Å²) in [6, 6.07) is 3.78. The van der Waals surface area contributed by atoms with Crippen LogP contribution in [0.4, 0.5) is 36.7 Å². The molecule has 1 amide bonds. The molecule has 0 saturated carbocycles. The van der Waals surface area contributed by atoms with Crippen molar-refractivity contribution in [2.75, 3.05) is 11.4 Å². The van der Waals surface area contributed by atoms with Crippen LogP contribution in [0.1, 0.15) is 18.4 Å². The van der Waals surface area contributed by atoms with E-state index in [1.807, 2.05) is 17.0 Å². The topological polar surface area (TPSA) is 155 Å². The second-order valence-electron chi connectivity index (χ2n) is 7.83. The number of pyridine rings is 1. The Hall–Kier alpha value is -4.09. The maximum Gasteiger partial charge on any atom is 0.490 e. The molecule has 11 nitrogen and oxygen atoms in total. The van der Waals surface area contributed by atoms with Crippen LogP contribution in [0.3, 0.4) is 0 Å². The molecule has 4 rings (SSSR count). The fraction of sp³-hybridized carbons (Fsp3) is 0.429. The van der Waals surface area contributed by atoms with E-state index in [9.17, 15) is 35.5 Å². The summed E-state index contributed by atoms with van der Waals surface area (Å²) in [7, 11) is 0. The van der Waals surface area contributed by atoms with Crippen LogP contribution in [0.2, 0.25) is 0 Å². The number of nitrogens with one attached hydrogen (secondary N) is 1. The van der Waals surface area contributed by atoms with Gasteiger partial charge in [-0.05, 0) is 18.1 Å². The number of amides is 1. The molecule has 0 aromatic carbocycles. The van der Waals surface area contributed by atoms with Gasteiger partial charge in [-0.2, -0.15) is 26.3 Å². The summed E-state index contributed by atoms with van der Waals surface area (Å²) in [4.78, 5) is 44.3. The Morgan fingerprint density at radius 2 is 1.59 bits per heavy atom. The zero-order chi connectivity index (χ0) is 29.4. The van der Waals surface area contributed by atoms with E-state index in [0.717, 1.165) is 30.9 Å². The highest BCUT2D eigenvalue weighted by atomic mass is 19.4. The minimum atomic E-state index is -5.08. The quantitative estimate of drug-likeness (QED) is 0.466. The third-order valence-electron chi connectivity index (χ3n) is 5.11. The molecule has 0 unspecified atom stereocenters. The normalized spacial score (nSPS) is 20.1. The number of hydrogen-bond donors (Lipinski definition) is 3. The Bertz CT molecular complexity index is 1090. The number of alkyl halides is 6. The maximum atomic E-state index is 13.0. The Morgan fingerprint density at radius 1 is 1.03 bits per heavy atom. The van der Waals surface area contributed by atoms with Crippen LogP contribution in [0, 0.1) is 5.82 Å². The van der Waals surface area contributed by atoms with Crippen LogP contribution in [0.5, 0.6) is 0 Å². The summed E-state index contributed by atoms with van der Waals surface area (Å²) >= 11 is 0. The molecule has 2 aliphatic heterocycles. The van der Waals surface area contributed by atoms with Gasteiger partial charge < -0.3 is 25.2 Å². The molecule has 2 saturated heterocycles. The van der Waals surface area contributed by atoms with E-state index in [1.54, 1.807) is 12.4 Å². The van der Waals surface area contributed by atoms with Crippen LogP contribution < -0.4 is 10.2 Å². The van der Waals surface area contributed by atoms with E-state index in [0.29, 0.717) is 18.9 Å². The number of hydrogen-bond acceptors (Lipinski definition) is 8. The first-order chi connectivity index (χ1) is 18.1.